The number of methoxy groups -OCH3 is 1. The molecule has 0 saturated heterocycles. The van der Waals surface area contributed by atoms with Crippen LogP contribution in [0.4, 0.5) is 0 Å². The molecule has 0 aliphatic carbocycles. The number of hydrogen-bond acceptors (Lipinski definition) is 4. The van der Waals surface area contributed by atoms with Crippen molar-refractivity contribution in [2.24, 2.45) is 0 Å². The van der Waals surface area contributed by atoms with E-state index in [4.69, 9.17) is 4.74 Å². The first-order chi connectivity index (χ1) is 7.74. The summed E-state index contributed by atoms with van der Waals surface area (Å²) in [5.41, 5.74) is 0.415. The predicted octanol–water partition coefficient (Wildman–Crippen LogP) is 0.865. The highest BCUT2D eigenvalue weighted by Crippen LogP contribution is 2.11. The summed E-state index contributed by atoms with van der Waals surface area (Å²) in [6.45, 7) is 0.315. The van der Waals surface area contributed by atoms with Crippen molar-refractivity contribution >= 4 is 15.9 Å². The van der Waals surface area contributed by atoms with E-state index in [0.717, 1.165) is 0 Å². The zero-order valence-electron chi connectivity index (χ0n) is 8.48. The third kappa shape index (κ3) is 1.91. The highest BCUT2D eigenvalue weighted by atomic mass is 79.9. The lowest BCUT2D eigenvalue weighted by molar-refractivity contribution is 0.180. The molecule has 2 aromatic heterocycles. The van der Waals surface area contributed by atoms with Crippen LogP contribution in [0.2, 0.25) is 0 Å². The van der Waals surface area contributed by atoms with Crippen LogP contribution < -0.4 is 5.56 Å². The van der Waals surface area contributed by atoms with E-state index in [2.05, 4.69) is 31.0 Å². The monoisotopic (exact) mass is 284 g/mol. The number of H-pyrrole nitrogens is 1. The van der Waals surface area contributed by atoms with E-state index in [9.17, 15) is 4.79 Å². The van der Waals surface area contributed by atoms with Gasteiger partial charge in [0.25, 0.3) is 11.5 Å². The molecule has 16 heavy (non-hydrogen) atoms. The summed E-state index contributed by atoms with van der Waals surface area (Å²) in [7, 11) is 1.56. The highest BCUT2D eigenvalue weighted by molar-refractivity contribution is 9.10. The number of aromatic nitrogens is 4. The maximum atomic E-state index is 11.8. The molecular weight excluding hydrogens is 276 g/mol. The summed E-state index contributed by atoms with van der Waals surface area (Å²) < 4.78 is 6.65. The van der Waals surface area contributed by atoms with Crippen molar-refractivity contribution in [3.63, 3.8) is 0 Å². The maximum Gasteiger partial charge on any atom is 0.288 e. The Balaban J connectivity index is 2.51. The van der Waals surface area contributed by atoms with Gasteiger partial charge in [-0.15, -0.1) is 0 Å². The Hall–Kier alpha value is -1.47. The molecule has 2 heterocycles. The topological polar surface area (TPSA) is 72.8 Å². The molecular formula is C9H9BrN4O2. The largest absolute Gasteiger partial charge is 0.378 e. The third-order valence-corrected chi connectivity index (χ3v) is 2.76. The summed E-state index contributed by atoms with van der Waals surface area (Å²) in [4.78, 5) is 19.8. The Morgan fingerprint density at radius 2 is 2.19 bits per heavy atom. The first kappa shape index (κ1) is 11.0. The van der Waals surface area contributed by atoms with Crippen molar-refractivity contribution in [2.75, 3.05) is 7.11 Å². The fourth-order valence-corrected chi connectivity index (χ4v) is 1.63. The number of ether oxygens (including phenoxy) is 1. The van der Waals surface area contributed by atoms with Crippen molar-refractivity contribution < 1.29 is 4.74 Å². The molecule has 2 aromatic rings. The van der Waals surface area contributed by atoms with Gasteiger partial charge in [0.1, 0.15) is 4.47 Å². The van der Waals surface area contributed by atoms with Gasteiger partial charge in [-0.05, 0) is 22.0 Å². The predicted molar refractivity (Wildman–Crippen MR) is 60.4 cm³/mol. The molecule has 7 heteroatoms. The quantitative estimate of drug-likeness (QED) is 0.908. The second kappa shape index (κ2) is 4.58. The van der Waals surface area contributed by atoms with E-state index < -0.39 is 0 Å². The molecule has 0 fully saturated rings. The van der Waals surface area contributed by atoms with Crippen molar-refractivity contribution in [2.45, 2.75) is 6.61 Å². The molecule has 1 N–H and O–H groups in total. The van der Waals surface area contributed by atoms with Gasteiger partial charge >= 0.3 is 0 Å². The molecule has 0 spiro atoms. The third-order valence-electron chi connectivity index (χ3n) is 1.94. The second-order valence-electron chi connectivity index (χ2n) is 3.03. The van der Waals surface area contributed by atoms with Crippen LogP contribution in [0.3, 0.4) is 0 Å². The van der Waals surface area contributed by atoms with Crippen molar-refractivity contribution in [1.82, 2.24) is 19.7 Å². The molecule has 0 aliphatic heterocycles. The van der Waals surface area contributed by atoms with Gasteiger partial charge in [0, 0.05) is 19.5 Å². The fourth-order valence-electron chi connectivity index (χ4n) is 1.25. The Morgan fingerprint density at radius 3 is 2.81 bits per heavy atom. The van der Waals surface area contributed by atoms with E-state index in [0.29, 0.717) is 22.7 Å². The van der Waals surface area contributed by atoms with Crippen LogP contribution in [0.1, 0.15) is 5.69 Å². The molecule has 2 rings (SSSR count). The molecule has 0 atom stereocenters. The number of hydrogen-bond donors (Lipinski definition) is 1. The van der Waals surface area contributed by atoms with Crippen LogP contribution in [-0.2, 0) is 11.3 Å². The van der Waals surface area contributed by atoms with Crippen LogP contribution in [0.25, 0.3) is 5.95 Å². The second-order valence-corrected chi connectivity index (χ2v) is 3.82. The molecule has 0 saturated carbocycles. The van der Waals surface area contributed by atoms with Gasteiger partial charge in [-0.1, -0.05) is 0 Å². The minimum Gasteiger partial charge on any atom is -0.378 e. The lowest BCUT2D eigenvalue weighted by atomic mass is 10.5. The summed E-state index contributed by atoms with van der Waals surface area (Å²) >= 11 is 3.20. The van der Waals surface area contributed by atoms with E-state index in [1.165, 1.54) is 4.68 Å². The van der Waals surface area contributed by atoms with Gasteiger partial charge in [-0.2, -0.15) is 4.68 Å². The van der Waals surface area contributed by atoms with E-state index in [-0.39, 0.29) is 5.56 Å². The summed E-state index contributed by atoms with van der Waals surface area (Å²) in [5.74, 6) is 0.301. The van der Waals surface area contributed by atoms with Crippen LogP contribution in [-0.4, -0.2) is 26.9 Å². The fraction of sp³-hybridized carbons (Fsp3) is 0.222. The van der Waals surface area contributed by atoms with Gasteiger partial charge in [0.05, 0.1) is 12.3 Å². The summed E-state index contributed by atoms with van der Waals surface area (Å²) in [6.07, 6.45) is 3.14. The molecule has 0 bridgehead atoms. The number of halogens is 1. The van der Waals surface area contributed by atoms with Gasteiger partial charge in [0.2, 0.25) is 0 Å². The van der Waals surface area contributed by atoms with Gasteiger partial charge < -0.3 is 4.74 Å². The Bertz CT molecular complexity index is 534. The van der Waals surface area contributed by atoms with Crippen molar-refractivity contribution in [3.05, 3.63) is 39.0 Å². The molecule has 0 aliphatic rings. The Kier molecular flexibility index (Phi) is 3.16. The smallest absolute Gasteiger partial charge is 0.288 e. The standard InChI is InChI=1S/C9H9BrN4O2/c1-16-5-6-7(10)8(15)14(13-6)9-11-3-2-4-12-9/h2-4,13H,5H2,1H3. The molecule has 84 valence electrons. The van der Waals surface area contributed by atoms with E-state index in [1.807, 2.05) is 0 Å². The average Bonchev–Trinajstić information content (AvgIpc) is 2.59. The minimum absolute atomic E-state index is 0.238. The number of nitrogens with zero attached hydrogens (tertiary/aromatic N) is 3. The van der Waals surface area contributed by atoms with Crippen LogP contribution in [0.5, 0.6) is 0 Å². The normalized spacial score (nSPS) is 10.6. The van der Waals surface area contributed by atoms with Gasteiger partial charge in [-0.3, -0.25) is 9.89 Å². The van der Waals surface area contributed by atoms with Crippen LogP contribution in [0, 0.1) is 0 Å². The highest BCUT2D eigenvalue weighted by Gasteiger charge is 2.13. The zero-order valence-corrected chi connectivity index (χ0v) is 10.1. The van der Waals surface area contributed by atoms with Gasteiger partial charge in [0.15, 0.2) is 0 Å². The van der Waals surface area contributed by atoms with Crippen LogP contribution in [0.15, 0.2) is 27.7 Å². The first-order valence-corrected chi connectivity index (χ1v) is 5.29. The molecule has 0 radical (unpaired) electrons. The molecule has 6 nitrogen and oxygen atoms in total. The molecule has 0 unspecified atom stereocenters. The van der Waals surface area contributed by atoms with Gasteiger partial charge in [-0.25, -0.2) is 9.97 Å². The van der Waals surface area contributed by atoms with E-state index in [1.54, 1.807) is 25.6 Å². The number of nitrogens with one attached hydrogen (secondary N) is 1. The van der Waals surface area contributed by atoms with Crippen LogP contribution >= 0.6 is 15.9 Å². The number of aromatic amines is 1. The lowest BCUT2D eigenvalue weighted by Crippen LogP contribution is -2.17. The number of rotatable bonds is 3. The average molecular weight is 285 g/mol. The lowest BCUT2D eigenvalue weighted by Gasteiger charge is -1.98. The first-order valence-electron chi connectivity index (χ1n) is 4.49. The SMILES string of the molecule is COCc1[nH]n(-c2ncccn2)c(=O)c1Br. The Labute approximate surface area is 99.4 Å². The van der Waals surface area contributed by atoms with E-state index >= 15 is 0 Å². The summed E-state index contributed by atoms with van der Waals surface area (Å²) in [6, 6.07) is 1.68. The summed E-state index contributed by atoms with van der Waals surface area (Å²) in [5, 5.41) is 2.87. The van der Waals surface area contributed by atoms with Crippen molar-refractivity contribution in [3.8, 4) is 5.95 Å². The van der Waals surface area contributed by atoms with Crippen molar-refractivity contribution in [1.29, 1.82) is 0 Å². The molecule has 0 amide bonds. The zero-order chi connectivity index (χ0) is 11.5. The minimum atomic E-state index is -0.238. The Morgan fingerprint density at radius 1 is 1.50 bits per heavy atom. The molecule has 0 aromatic carbocycles. The maximum absolute atomic E-state index is 11.8.